The van der Waals surface area contributed by atoms with Crippen LogP contribution in [-0.2, 0) is 0 Å². The molecular formula is C13H23N3O. The van der Waals surface area contributed by atoms with Gasteiger partial charge in [0.1, 0.15) is 5.69 Å². The lowest BCUT2D eigenvalue weighted by molar-refractivity contribution is 0.0886. The summed E-state index contributed by atoms with van der Waals surface area (Å²) in [5.41, 5.74) is 1.29. The lowest BCUT2D eigenvalue weighted by Gasteiger charge is -2.33. The quantitative estimate of drug-likeness (QED) is 0.849. The maximum absolute atomic E-state index is 12.0. The average molecular weight is 237 g/mol. The summed E-state index contributed by atoms with van der Waals surface area (Å²) in [5.74, 6) is -0.122. The molecule has 96 valence electrons. The number of hydrogen-bond acceptors (Lipinski definition) is 2. The van der Waals surface area contributed by atoms with Gasteiger partial charge in [-0.3, -0.25) is 9.89 Å². The minimum absolute atomic E-state index is 0.122. The van der Waals surface area contributed by atoms with E-state index in [1.807, 2.05) is 20.8 Å². The normalized spacial score (nSPS) is 12.6. The second-order valence-electron chi connectivity index (χ2n) is 6.51. The van der Waals surface area contributed by atoms with Gasteiger partial charge in [0.25, 0.3) is 5.91 Å². The highest BCUT2D eigenvalue weighted by atomic mass is 16.2. The van der Waals surface area contributed by atoms with Gasteiger partial charge in [-0.2, -0.15) is 5.10 Å². The molecule has 4 heteroatoms. The minimum Gasteiger partial charge on any atom is -0.346 e. The molecule has 1 rings (SSSR count). The number of H-pyrrole nitrogens is 1. The Hall–Kier alpha value is -1.32. The molecule has 0 bridgehead atoms. The second kappa shape index (κ2) is 4.51. The second-order valence-corrected chi connectivity index (χ2v) is 6.51. The van der Waals surface area contributed by atoms with Crippen LogP contribution in [0.3, 0.4) is 0 Å². The Balaban J connectivity index is 2.68. The number of nitrogens with one attached hydrogen (secondary N) is 2. The number of amides is 1. The molecule has 0 saturated carbocycles. The van der Waals surface area contributed by atoms with Crippen molar-refractivity contribution in [3.05, 3.63) is 17.5 Å². The van der Waals surface area contributed by atoms with Crippen molar-refractivity contribution in [3.8, 4) is 0 Å². The van der Waals surface area contributed by atoms with Crippen molar-refractivity contribution in [2.75, 3.05) is 0 Å². The molecule has 0 aliphatic rings. The molecule has 0 aliphatic carbocycles. The summed E-state index contributed by atoms with van der Waals surface area (Å²) in [4.78, 5) is 12.0. The zero-order valence-electron chi connectivity index (χ0n) is 11.6. The summed E-state index contributed by atoms with van der Waals surface area (Å²) in [5, 5.41) is 9.75. The summed E-state index contributed by atoms with van der Waals surface area (Å²) < 4.78 is 0. The zero-order valence-corrected chi connectivity index (χ0v) is 11.6. The molecule has 0 saturated heterocycles. The Morgan fingerprint density at radius 3 is 2.35 bits per heavy atom. The molecule has 2 N–H and O–H groups in total. The number of aromatic nitrogens is 2. The lowest BCUT2D eigenvalue weighted by atomic mass is 9.82. The van der Waals surface area contributed by atoms with Gasteiger partial charge in [0.15, 0.2) is 0 Å². The fraction of sp³-hybridized carbons (Fsp3) is 0.692. The van der Waals surface area contributed by atoms with Crippen molar-refractivity contribution >= 4 is 5.91 Å². The third-order valence-electron chi connectivity index (χ3n) is 2.36. The van der Waals surface area contributed by atoms with Gasteiger partial charge in [-0.05, 0) is 38.7 Å². The number of aryl methyl sites for hydroxylation is 1. The van der Waals surface area contributed by atoms with Gasteiger partial charge in [0, 0.05) is 11.2 Å². The van der Waals surface area contributed by atoms with Gasteiger partial charge in [-0.15, -0.1) is 0 Å². The van der Waals surface area contributed by atoms with Gasteiger partial charge >= 0.3 is 0 Å². The van der Waals surface area contributed by atoms with Crippen LogP contribution < -0.4 is 5.32 Å². The third kappa shape index (κ3) is 4.59. The van der Waals surface area contributed by atoms with E-state index < -0.39 is 0 Å². The number of hydrogen-bond donors (Lipinski definition) is 2. The van der Waals surface area contributed by atoms with Crippen molar-refractivity contribution in [2.24, 2.45) is 5.41 Å². The predicted molar refractivity (Wildman–Crippen MR) is 68.9 cm³/mol. The molecule has 0 spiro atoms. The van der Waals surface area contributed by atoms with E-state index >= 15 is 0 Å². The van der Waals surface area contributed by atoms with Crippen LogP contribution in [0.15, 0.2) is 6.07 Å². The van der Waals surface area contributed by atoms with Crippen LogP contribution in [0.5, 0.6) is 0 Å². The van der Waals surface area contributed by atoms with Crippen LogP contribution in [0.25, 0.3) is 0 Å². The maximum Gasteiger partial charge on any atom is 0.272 e. The number of carbonyl (C=O) groups excluding carboxylic acids is 1. The smallest absolute Gasteiger partial charge is 0.272 e. The summed E-state index contributed by atoms with van der Waals surface area (Å²) >= 11 is 0. The molecule has 0 atom stereocenters. The summed E-state index contributed by atoms with van der Waals surface area (Å²) in [6.45, 7) is 12.5. The summed E-state index contributed by atoms with van der Waals surface area (Å²) in [6, 6.07) is 1.75. The molecule has 0 aliphatic heterocycles. The lowest BCUT2D eigenvalue weighted by Crippen LogP contribution is -2.45. The standard InChI is InChI=1S/C13H23N3O/c1-9-7-10(16-15-9)11(17)14-13(5,6)8-12(2,3)4/h7H,8H2,1-6H3,(H,14,17)(H,15,16). The van der Waals surface area contributed by atoms with Gasteiger partial charge in [0.2, 0.25) is 0 Å². The molecule has 0 fully saturated rings. The Morgan fingerprint density at radius 2 is 1.94 bits per heavy atom. The first-order chi connectivity index (χ1) is 7.59. The van der Waals surface area contributed by atoms with Crippen LogP contribution >= 0.6 is 0 Å². The SMILES string of the molecule is Cc1cc(C(=O)NC(C)(C)CC(C)(C)C)n[nH]1. The van der Waals surface area contributed by atoms with Crippen molar-refractivity contribution in [2.45, 2.75) is 53.5 Å². The van der Waals surface area contributed by atoms with Crippen molar-refractivity contribution in [1.82, 2.24) is 15.5 Å². The van der Waals surface area contributed by atoms with Gasteiger partial charge in [0.05, 0.1) is 0 Å². The highest BCUT2D eigenvalue weighted by molar-refractivity contribution is 5.92. The predicted octanol–water partition coefficient (Wildman–Crippen LogP) is 2.66. The van der Waals surface area contributed by atoms with Crippen molar-refractivity contribution < 1.29 is 4.79 Å². The number of rotatable bonds is 3. The number of carbonyl (C=O) groups is 1. The van der Waals surface area contributed by atoms with Gasteiger partial charge < -0.3 is 5.32 Å². The van der Waals surface area contributed by atoms with Crippen molar-refractivity contribution in [1.29, 1.82) is 0 Å². The highest BCUT2D eigenvalue weighted by Gasteiger charge is 2.27. The largest absolute Gasteiger partial charge is 0.346 e. The van der Waals surface area contributed by atoms with E-state index in [2.05, 4.69) is 36.3 Å². The monoisotopic (exact) mass is 237 g/mol. The molecular weight excluding hydrogens is 214 g/mol. The molecule has 1 heterocycles. The van der Waals surface area contributed by atoms with E-state index in [1.54, 1.807) is 6.07 Å². The number of aromatic amines is 1. The molecule has 0 unspecified atom stereocenters. The fourth-order valence-corrected chi connectivity index (χ4v) is 2.28. The van der Waals surface area contributed by atoms with Crippen LogP contribution in [0.4, 0.5) is 0 Å². The van der Waals surface area contributed by atoms with Crippen LogP contribution in [0, 0.1) is 12.3 Å². The first-order valence-electron chi connectivity index (χ1n) is 5.94. The summed E-state index contributed by atoms with van der Waals surface area (Å²) in [6.07, 6.45) is 0.912. The van der Waals surface area contributed by atoms with E-state index in [0.29, 0.717) is 5.69 Å². The molecule has 1 aromatic heterocycles. The topological polar surface area (TPSA) is 57.8 Å². The first-order valence-corrected chi connectivity index (χ1v) is 5.94. The summed E-state index contributed by atoms with van der Waals surface area (Å²) in [7, 11) is 0. The number of nitrogens with zero attached hydrogens (tertiary/aromatic N) is 1. The highest BCUT2D eigenvalue weighted by Crippen LogP contribution is 2.26. The van der Waals surface area contributed by atoms with E-state index in [0.717, 1.165) is 12.1 Å². The first kappa shape index (κ1) is 13.7. The average Bonchev–Trinajstić information content (AvgIpc) is 2.45. The Bertz CT molecular complexity index is 399. The zero-order chi connectivity index (χ0) is 13.3. The molecule has 1 aromatic rings. The Labute approximate surface area is 103 Å². The maximum atomic E-state index is 12.0. The van der Waals surface area contributed by atoms with Crippen LogP contribution in [0.2, 0.25) is 0 Å². The molecule has 1 amide bonds. The third-order valence-corrected chi connectivity index (χ3v) is 2.36. The fourth-order valence-electron chi connectivity index (χ4n) is 2.28. The Morgan fingerprint density at radius 1 is 1.35 bits per heavy atom. The molecule has 4 nitrogen and oxygen atoms in total. The molecule has 0 radical (unpaired) electrons. The van der Waals surface area contributed by atoms with E-state index in [9.17, 15) is 4.79 Å². The van der Waals surface area contributed by atoms with Crippen LogP contribution in [-0.4, -0.2) is 21.6 Å². The van der Waals surface area contributed by atoms with Gasteiger partial charge in [-0.1, -0.05) is 20.8 Å². The minimum atomic E-state index is -0.234. The molecule has 17 heavy (non-hydrogen) atoms. The van der Waals surface area contributed by atoms with Gasteiger partial charge in [-0.25, -0.2) is 0 Å². The van der Waals surface area contributed by atoms with Crippen LogP contribution in [0.1, 0.15) is 57.2 Å². The van der Waals surface area contributed by atoms with E-state index in [1.165, 1.54) is 0 Å². The van der Waals surface area contributed by atoms with E-state index in [4.69, 9.17) is 0 Å². The Kier molecular flexibility index (Phi) is 3.65. The van der Waals surface area contributed by atoms with E-state index in [-0.39, 0.29) is 16.9 Å². The van der Waals surface area contributed by atoms with Crippen molar-refractivity contribution in [3.63, 3.8) is 0 Å². The molecule has 0 aromatic carbocycles.